The Morgan fingerprint density at radius 2 is 1.72 bits per heavy atom. The highest BCUT2D eigenvalue weighted by Gasteiger charge is 2.29. The molecule has 134 valence electrons. The number of amides is 1. The van der Waals surface area contributed by atoms with E-state index in [1.165, 1.54) is 12.1 Å². The molecule has 3 nitrogen and oxygen atoms in total. The maximum absolute atomic E-state index is 12.5. The largest absolute Gasteiger partial charge is 0.416 e. The Hall–Kier alpha value is -1.92. The number of carbonyl (C=O) groups excluding carboxylic acids is 1. The quantitative estimate of drug-likeness (QED) is 0.744. The maximum atomic E-state index is 12.5. The monoisotopic (exact) mass is 390 g/mol. The van der Waals surface area contributed by atoms with Crippen molar-refractivity contribution in [1.82, 2.24) is 5.32 Å². The summed E-state index contributed by atoms with van der Waals surface area (Å²) in [5, 5.41) is 6.55. The third-order valence-corrected chi connectivity index (χ3v) is 3.98. The van der Waals surface area contributed by atoms with Gasteiger partial charge in [-0.1, -0.05) is 29.3 Å². The second-order valence-electron chi connectivity index (χ2n) is 5.26. The molecule has 0 spiro atoms. The predicted molar refractivity (Wildman–Crippen MR) is 93.1 cm³/mol. The fourth-order valence-electron chi connectivity index (χ4n) is 2.08. The van der Waals surface area contributed by atoms with Gasteiger partial charge < -0.3 is 10.6 Å². The van der Waals surface area contributed by atoms with E-state index in [4.69, 9.17) is 23.2 Å². The molecule has 0 atom stereocenters. The van der Waals surface area contributed by atoms with E-state index < -0.39 is 11.7 Å². The summed E-state index contributed by atoms with van der Waals surface area (Å²) in [7, 11) is 0. The van der Waals surface area contributed by atoms with Crippen LogP contribution in [0.4, 0.5) is 18.9 Å². The molecule has 0 aliphatic rings. The highest BCUT2D eigenvalue weighted by atomic mass is 35.5. The topological polar surface area (TPSA) is 41.1 Å². The standard InChI is InChI=1S/C17H15Cl2F3N2O/c18-13-4-1-11(15(19)9-13)7-8-23-16(25)10-24-14-5-2-12(3-6-14)17(20,21)22/h1-6,9,24H,7-8,10H2,(H,23,25). The minimum absolute atomic E-state index is 0.0419. The minimum Gasteiger partial charge on any atom is -0.376 e. The van der Waals surface area contributed by atoms with Crippen molar-refractivity contribution in [2.24, 2.45) is 0 Å². The molecule has 0 aliphatic heterocycles. The van der Waals surface area contributed by atoms with E-state index in [9.17, 15) is 18.0 Å². The van der Waals surface area contributed by atoms with E-state index in [1.807, 2.05) is 0 Å². The Labute approximate surface area is 153 Å². The van der Waals surface area contributed by atoms with Crippen LogP contribution in [0.3, 0.4) is 0 Å². The van der Waals surface area contributed by atoms with Gasteiger partial charge in [0, 0.05) is 22.3 Å². The van der Waals surface area contributed by atoms with Gasteiger partial charge in [-0.15, -0.1) is 0 Å². The number of hydrogen-bond acceptors (Lipinski definition) is 2. The lowest BCUT2D eigenvalue weighted by atomic mass is 10.1. The molecule has 0 unspecified atom stereocenters. The third kappa shape index (κ3) is 6.14. The van der Waals surface area contributed by atoms with Gasteiger partial charge in [-0.05, 0) is 48.4 Å². The van der Waals surface area contributed by atoms with Crippen molar-refractivity contribution in [1.29, 1.82) is 0 Å². The second-order valence-corrected chi connectivity index (χ2v) is 6.11. The van der Waals surface area contributed by atoms with Crippen molar-refractivity contribution >= 4 is 34.8 Å². The summed E-state index contributed by atoms with van der Waals surface area (Å²) in [4.78, 5) is 11.8. The van der Waals surface area contributed by atoms with E-state index in [2.05, 4.69) is 10.6 Å². The van der Waals surface area contributed by atoms with E-state index in [0.29, 0.717) is 28.7 Å². The number of hydrogen-bond donors (Lipinski definition) is 2. The van der Waals surface area contributed by atoms with Crippen LogP contribution < -0.4 is 10.6 Å². The van der Waals surface area contributed by atoms with Crippen LogP contribution in [0.2, 0.25) is 10.0 Å². The lowest BCUT2D eigenvalue weighted by Crippen LogP contribution is -2.31. The number of nitrogens with one attached hydrogen (secondary N) is 2. The van der Waals surface area contributed by atoms with Crippen LogP contribution in [0.15, 0.2) is 42.5 Å². The van der Waals surface area contributed by atoms with Crippen molar-refractivity contribution in [3.8, 4) is 0 Å². The minimum atomic E-state index is -4.38. The molecule has 0 fully saturated rings. The molecular formula is C17H15Cl2F3N2O. The molecule has 25 heavy (non-hydrogen) atoms. The molecule has 2 rings (SSSR count). The van der Waals surface area contributed by atoms with Crippen molar-refractivity contribution in [3.63, 3.8) is 0 Å². The molecule has 0 heterocycles. The van der Waals surface area contributed by atoms with Crippen molar-refractivity contribution < 1.29 is 18.0 Å². The number of carbonyl (C=O) groups is 1. The van der Waals surface area contributed by atoms with Gasteiger partial charge in [-0.3, -0.25) is 4.79 Å². The molecule has 0 radical (unpaired) electrons. The molecule has 0 saturated heterocycles. The Kier molecular flexibility index (Phi) is 6.56. The summed E-state index contributed by atoms with van der Waals surface area (Å²) in [6, 6.07) is 9.62. The zero-order chi connectivity index (χ0) is 18.4. The number of halogens is 5. The Bertz CT molecular complexity index is 734. The van der Waals surface area contributed by atoms with Crippen LogP contribution in [-0.4, -0.2) is 19.0 Å². The smallest absolute Gasteiger partial charge is 0.376 e. The zero-order valence-corrected chi connectivity index (χ0v) is 14.5. The molecular weight excluding hydrogens is 376 g/mol. The summed E-state index contributed by atoms with van der Waals surface area (Å²) in [6.07, 6.45) is -3.83. The highest BCUT2D eigenvalue weighted by molar-refractivity contribution is 6.35. The van der Waals surface area contributed by atoms with Gasteiger partial charge >= 0.3 is 6.18 Å². The normalized spacial score (nSPS) is 11.2. The van der Waals surface area contributed by atoms with Gasteiger partial charge in [0.15, 0.2) is 0 Å². The molecule has 2 aromatic carbocycles. The van der Waals surface area contributed by atoms with Gasteiger partial charge in [-0.25, -0.2) is 0 Å². The molecule has 2 aromatic rings. The maximum Gasteiger partial charge on any atom is 0.416 e. The molecule has 0 saturated carbocycles. The average Bonchev–Trinajstić information content (AvgIpc) is 2.54. The van der Waals surface area contributed by atoms with Crippen LogP contribution >= 0.6 is 23.2 Å². The summed E-state index contributed by atoms with van der Waals surface area (Å²) in [5.74, 6) is -0.273. The summed E-state index contributed by atoms with van der Waals surface area (Å²) >= 11 is 11.9. The number of alkyl halides is 3. The van der Waals surface area contributed by atoms with E-state index >= 15 is 0 Å². The number of benzene rings is 2. The molecule has 1 amide bonds. The number of anilines is 1. The Morgan fingerprint density at radius 1 is 1.04 bits per heavy atom. The molecule has 0 bridgehead atoms. The highest BCUT2D eigenvalue weighted by Crippen LogP contribution is 2.29. The summed E-state index contributed by atoms with van der Waals surface area (Å²) in [6.45, 7) is 0.342. The summed E-state index contributed by atoms with van der Waals surface area (Å²) < 4.78 is 37.4. The predicted octanol–water partition coefficient (Wildman–Crippen LogP) is 4.78. The van der Waals surface area contributed by atoms with E-state index in [1.54, 1.807) is 18.2 Å². The first-order chi connectivity index (χ1) is 11.8. The second kappa shape index (κ2) is 8.45. The van der Waals surface area contributed by atoms with Crippen LogP contribution in [0.5, 0.6) is 0 Å². The van der Waals surface area contributed by atoms with Crippen LogP contribution in [-0.2, 0) is 17.4 Å². The van der Waals surface area contributed by atoms with Gasteiger partial charge in [-0.2, -0.15) is 13.2 Å². The van der Waals surface area contributed by atoms with E-state index in [0.717, 1.165) is 17.7 Å². The van der Waals surface area contributed by atoms with Crippen LogP contribution in [0.25, 0.3) is 0 Å². The zero-order valence-electron chi connectivity index (χ0n) is 13.0. The van der Waals surface area contributed by atoms with E-state index in [-0.39, 0.29) is 12.5 Å². The Morgan fingerprint density at radius 3 is 2.32 bits per heavy atom. The van der Waals surface area contributed by atoms with Crippen molar-refractivity contribution in [2.45, 2.75) is 12.6 Å². The van der Waals surface area contributed by atoms with Gasteiger partial charge in [0.2, 0.25) is 5.91 Å². The fraction of sp³-hybridized carbons (Fsp3) is 0.235. The lowest BCUT2D eigenvalue weighted by molar-refractivity contribution is -0.137. The van der Waals surface area contributed by atoms with Gasteiger partial charge in [0.1, 0.15) is 0 Å². The SMILES string of the molecule is O=C(CNc1ccc(C(F)(F)F)cc1)NCCc1ccc(Cl)cc1Cl. The number of rotatable bonds is 6. The third-order valence-electron chi connectivity index (χ3n) is 3.40. The lowest BCUT2D eigenvalue weighted by Gasteiger charge is -2.10. The first kappa shape index (κ1) is 19.4. The summed E-state index contributed by atoms with van der Waals surface area (Å²) in [5.41, 5.74) is 0.563. The van der Waals surface area contributed by atoms with Crippen LogP contribution in [0, 0.1) is 0 Å². The molecule has 2 N–H and O–H groups in total. The van der Waals surface area contributed by atoms with Crippen molar-refractivity contribution in [3.05, 3.63) is 63.6 Å². The van der Waals surface area contributed by atoms with Gasteiger partial charge in [0.25, 0.3) is 0 Å². The van der Waals surface area contributed by atoms with Crippen molar-refractivity contribution in [2.75, 3.05) is 18.4 Å². The van der Waals surface area contributed by atoms with Crippen LogP contribution in [0.1, 0.15) is 11.1 Å². The average molecular weight is 391 g/mol. The first-order valence-electron chi connectivity index (χ1n) is 7.37. The molecule has 0 aliphatic carbocycles. The molecule has 8 heteroatoms. The fourth-order valence-corrected chi connectivity index (χ4v) is 2.59. The van der Waals surface area contributed by atoms with Gasteiger partial charge in [0.05, 0.1) is 12.1 Å². The first-order valence-corrected chi connectivity index (χ1v) is 8.13. The Balaban J connectivity index is 1.75. The molecule has 0 aromatic heterocycles.